The summed E-state index contributed by atoms with van der Waals surface area (Å²) < 4.78 is 10.1. The molecule has 0 unspecified atom stereocenters. The lowest BCUT2D eigenvalue weighted by Gasteiger charge is -2.09. The zero-order valence-corrected chi connectivity index (χ0v) is 12.8. The molecule has 1 N–H and O–H groups in total. The first kappa shape index (κ1) is 17.0. The predicted octanol–water partition coefficient (Wildman–Crippen LogP) is 2.26. The van der Waals surface area contributed by atoms with Gasteiger partial charge in [-0.2, -0.15) is 0 Å². The molecule has 116 valence electrons. The molecule has 0 spiro atoms. The quantitative estimate of drug-likeness (QED) is 0.747. The molecule has 1 aromatic rings. The Balaban J connectivity index is 2.25. The minimum atomic E-state index is -0.317. The van der Waals surface area contributed by atoms with E-state index in [1.54, 1.807) is 6.92 Å². The van der Waals surface area contributed by atoms with E-state index in [2.05, 4.69) is 19.2 Å². The molecule has 0 bridgehead atoms. The standard InChI is InChI=1S/C16H23NO4/c1-4-20-16(19)9-10-17-15(18)11-21-14-7-5-13(6-8-14)12(2)3/h5-8,12H,4,9-11H2,1-3H3,(H,17,18). The Morgan fingerprint density at radius 2 is 1.86 bits per heavy atom. The summed E-state index contributed by atoms with van der Waals surface area (Å²) in [5.41, 5.74) is 1.22. The van der Waals surface area contributed by atoms with Crippen LogP contribution in [0.5, 0.6) is 5.75 Å². The van der Waals surface area contributed by atoms with Crippen molar-refractivity contribution in [3.63, 3.8) is 0 Å². The highest BCUT2D eigenvalue weighted by molar-refractivity contribution is 5.78. The summed E-state index contributed by atoms with van der Waals surface area (Å²) in [4.78, 5) is 22.6. The van der Waals surface area contributed by atoms with Crippen LogP contribution in [0.1, 0.15) is 38.7 Å². The molecule has 0 aliphatic heterocycles. The van der Waals surface area contributed by atoms with Gasteiger partial charge in [0.05, 0.1) is 13.0 Å². The number of nitrogens with one attached hydrogen (secondary N) is 1. The summed E-state index contributed by atoms with van der Waals surface area (Å²) in [7, 11) is 0. The summed E-state index contributed by atoms with van der Waals surface area (Å²) in [6.45, 7) is 6.52. The van der Waals surface area contributed by atoms with Crippen molar-refractivity contribution in [2.45, 2.75) is 33.1 Å². The Morgan fingerprint density at radius 1 is 1.19 bits per heavy atom. The lowest BCUT2D eigenvalue weighted by atomic mass is 10.0. The zero-order valence-electron chi connectivity index (χ0n) is 12.8. The molecule has 1 rings (SSSR count). The number of carbonyl (C=O) groups excluding carboxylic acids is 2. The second-order valence-corrected chi connectivity index (χ2v) is 4.92. The van der Waals surface area contributed by atoms with E-state index in [1.807, 2.05) is 24.3 Å². The van der Waals surface area contributed by atoms with Gasteiger partial charge < -0.3 is 14.8 Å². The number of esters is 1. The Morgan fingerprint density at radius 3 is 2.43 bits per heavy atom. The Bertz CT molecular complexity index is 454. The average Bonchev–Trinajstić information content (AvgIpc) is 2.46. The molecule has 0 atom stereocenters. The molecular formula is C16H23NO4. The molecule has 1 amide bonds. The van der Waals surface area contributed by atoms with E-state index in [9.17, 15) is 9.59 Å². The molecule has 21 heavy (non-hydrogen) atoms. The number of hydrogen-bond acceptors (Lipinski definition) is 4. The highest BCUT2D eigenvalue weighted by Crippen LogP contribution is 2.18. The van der Waals surface area contributed by atoms with Gasteiger partial charge in [0.15, 0.2) is 6.61 Å². The van der Waals surface area contributed by atoms with Gasteiger partial charge in [-0.25, -0.2) is 0 Å². The second kappa shape index (κ2) is 9.00. The van der Waals surface area contributed by atoms with Gasteiger partial charge in [0.2, 0.25) is 0 Å². The van der Waals surface area contributed by atoms with E-state index in [4.69, 9.17) is 9.47 Å². The maximum absolute atomic E-state index is 11.5. The smallest absolute Gasteiger partial charge is 0.307 e. The average molecular weight is 293 g/mol. The Kier molecular flexibility index (Phi) is 7.29. The van der Waals surface area contributed by atoms with Gasteiger partial charge in [-0.1, -0.05) is 26.0 Å². The number of benzene rings is 1. The van der Waals surface area contributed by atoms with Crippen LogP contribution in [0.15, 0.2) is 24.3 Å². The van der Waals surface area contributed by atoms with E-state index >= 15 is 0 Å². The van der Waals surface area contributed by atoms with Crippen molar-refractivity contribution in [2.75, 3.05) is 19.8 Å². The van der Waals surface area contributed by atoms with Crippen LogP contribution in [0, 0.1) is 0 Å². The normalized spacial score (nSPS) is 10.3. The monoisotopic (exact) mass is 293 g/mol. The minimum absolute atomic E-state index is 0.0656. The largest absolute Gasteiger partial charge is 0.484 e. The topological polar surface area (TPSA) is 64.6 Å². The molecular weight excluding hydrogens is 270 g/mol. The number of carbonyl (C=O) groups is 2. The third-order valence-corrected chi connectivity index (χ3v) is 2.87. The summed E-state index contributed by atoms with van der Waals surface area (Å²) in [5, 5.41) is 2.61. The fourth-order valence-electron chi connectivity index (χ4n) is 1.69. The van der Waals surface area contributed by atoms with Crippen molar-refractivity contribution in [1.82, 2.24) is 5.32 Å². The summed E-state index contributed by atoms with van der Waals surface area (Å²) in [6, 6.07) is 7.67. The molecule has 0 radical (unpaired) electrons. The molecule has 0 aliphatic carbocycles. The van der Waals surface area contributed by atoms with E-state index in [1.165, 1.54) is 5.56 Å². The van der Waals surface area contributed by atoms with Gasteiger partial charge in [-0.3, -0.25) is 9.59 Å². The number of ether oxygens (including phenoxy) is 2. The zero-order chi connectivity index (χ0) is 15.7. The molecule has 0 fully saturated rings. The molecule has 5 heteroatoms. The first-order valence-corrected chi connectivity index (χ1v) is 7.18. The van der Waals surface area contributed by atoms with Crippen LogP contribution in [0.3, 0.4) is 0 Å². The molecule has 0 aromatic heterocycles. The number of amides is 1. The number of hydrogen-bond donors (Lipinski definition) is 1. The maximum Gasteiger partial charge on any atom is 0.307 e. The van der Waals surface area contributed by atoms with E-state index in [0.717, 1.165) is 0 Å². The van der Waals surface area contributed by atoms with Crippen molar-refractivity contribution in [3.8, 4) is 5.75 Å². The van der Waals surface area contributed by atoms with Gasteiger partial charge in [-0.05, 0) is 30.5 Å². The van der Waals surface area contributed by atoms with Crippen molar-refractivity contribution >= 4 is 11.9 Å². The SMILES string of the molecule is CCOC(=O)CCNC(=O)COc1ccc(C(C)C)cc1. The van der Waals surface area contributed by atoms with Crippen molar-refractivity contribution < 1.29 is 19.1 Å². The molecule has 0 heterocycles. The van der Waals surface area contributed by atoms with Crippen LogP contribution in [0.2, 0.25) is 0 Å². The van der Waals surface area contributed by atoms with E-state index < -0.39 is 0 Å². The summed E-state index contributed by atoms with van der Waals surface area (Å²) in [6.07, 6.45) is 0.169. The third-order valence-electron chi connectivity index (χ3n) is 2.87. The first-order chi connectivity index (χ1) is 10.0. The van der Waals surface area contributed by atoms with Crippen LogP contribution in [-0.4, -0.2) is 31.6 Å². The predicted molar refractivity (Wildman–Crippen MR) is 80.3 cm³/mol. The maximum atomic E-state index is 11.5. The van der Waals surface area contributed by atoms with Crippen LogP contribution in [0.4, 0.5) is 0 Å². The first-order valence-electron chi connectivity index (χ1n) is 7.18. The van der Waals surface area contributed by atoms with Gasteiger partial charge in [0, 0.05) is 6.54 Å². The van der Waals surface area contributed by atoms with Crippen molar-refractivity contribution in [3.05, 3.63) is 29.8 Å². The Hall–Kier alpha value is -2.04. The highest BCUT2D eigenvalue weighted by atomic mass is 16.5. The fourth-order valence-corrected chi connectivity index (χ4v) is 1.69. The summed E-state index contributed by atoms with van der Waals surface area (Å²) >= 11 is 0. The molecule has 0 aliphatic rings. The van der Waals surface area contributed by atoms with Gasteiger partial charge in [0.1, 0.15) is 5.75 Å². The second-order valence-electron chi connectivity index (χ2n) is 4.92. The van der Waals surface area contributed by atoms with Crippen molar-refractivity contribution in [2.24, 2.45) is 0 Å². The summed E-state index contributed by atoms with van der Waals surface area (Å²) in [5.74, 6) is 0.542. The van der Waals surface area contributed by atoms with Crippen molar-refractivity contribution in [1.29, 1.82) is 0 Å². The molecule has 0 saturated carbocycles. The minimum Gasteiger partial charge on any atom is -0.484 e. The Labute approximate surface area is 125 Å². The van der Waals surface area contributed by atoms with Crippen LogP contribution in [0.25, 0.3) is 0 Å². The van der Waals surface area contributed by atoms with Gasteiger partial charge in [-0.15, -0.1) is 0 Å². The van der Waals surface area contributed by atoms with Gasteiger partial charge >= 0.3 is 5.97 Å². The third kappa shape index (κ3) is 6.79. The lowest BCUT2D eigenvalue weighted by molar-refractivity contribution is -0.143. The molecule has 1 aromatic carbocycles. The van der Waals surface area contributed by atoms with Crippen LogP contribution >= 0.6 is 0 Å². The molecule has 5 nitrogen and oxygen atoms in total. The van der Waals surface area contributed by atoms with Crippen LogP contribution < -0.4 is 10.1 Å². The number of rotatable bonds is 8. The van der Waals surface area contributed by atoms with Crippen LogP contribution in [-0.2, 0) is 14.3 Å². The molecule has 0 saturated heterocycles. The fraction of sp³-hybridized carbons (Fsp3) is 0.500. The highest BCUT2D eigenvalue weighted by Gasteiger charge is 2.06. The van der Waals surface area contributed by atoms with Gasteiger partial charge in [0.25, 0.3) is 5.91 Å². The lowest BCUT2D eigenvalue weighted by Crippen LogP contribution is -2.31. The van der Waals surface area contributed by atoms with E-state index in [-0.39, 0.29) is 31.4 Å². The van der Waals surface area contributed by atoms with E-state index in [0.29, 0.717) is 18.3 Å².